The van der Waals surface area contributed by atoms with E-state index in [9.17, 15) is 14.4 Å². The summed E-state index contributed by atoms with van der Waals surface area (Å²) in [5.74, 6) is -0.926. The molecule has 0 bridgehead atoms. The zero-order chi connectivity index (χ0) is 51.4. The van der Waals surface area contributed by atoms with E-state index in [0.717, 1.165) is 89.9 Å². The number of hydrogen-bond donors (Lipinski definition) is 0. The Morgan fingerprint density at radius 1 is 0.296 bits per heavy atom. The molecule has 0 saturated heterocycles. The van der Waals surface area contributed by atoms with Crippen molar-refractivity contribution in [3.63, 3.8) is 0 Å². The van der Waals surface area contributed by atoms with Gasteiger partial charge in [0.25, 0.3) is 0 Å². The molecule has 0 aliphatic heterocycles. The Labute approximate surface area is 440 Å². The van der Waals surface area contributed by atoms with E-state index in [2.05, 4.69) is 93.7 Å². The van der Waals surface area contributed by atoms with Crippen molar-refractivity contribution in [3.8, 4) is 0 Å². The van der Waals surface area contributed by atoms with Crippen LogP contribution in [0.3, 0.4) is 0 Å². The second kappa shape index (κ2) is 59.4. The molecule has 0 N–H and O–H groups in total. The number of unbranched alkanes of at least 4 members (excludes halogenated alkanes) is 32. The van der Waals surface area contributed by atoms with Crippen molar-refractivity contribution >= 4 is 17.9 Å². The van der Waals surface area contributed by atoms with E-state index in [1.54, 1.807) is 0 Å². The van der Waals surface area contributed by atoms with Crippen LogP contribution in [-0.2, 0) is 28.6 Å². The fourth-order valence-electron chi connectivity index (χ4n) is 8.68. The first-order chi connectivity index (χ1) is 35.0. The zero-order valence-corrected chi connectivity index (χ0v) is 47.0. The summed E-state index contributed by atoms with van der Waals surface area (Å²) in [5.41, 5.74) is 0. The quantitative estimate of drug-likeness (QED) is 0.0261. The first kappa shape index (κ1) is 67.8. The number of hydrogen-bond acceptors (Lipinski definition) is 6. The molecule has 0 aromatic heterocycles. The van der Waals surface area contributed by atoms with Crippen molar-refractivity contribution < 1.29 is 28.6 Å². The maximum Gasteiger partial charge on any atom is 0.306 e. The third-order valence-electron chi connectivity index (χ3n) is 13.2. The van der Waals surface area contributed by atoms with Crippen LogP contribution in [0.1, 0.15) is 303 Å². The summed E-state index contributed by atoms with van der Waals surface area (Å²) in [4.78, 5) is 38.0. The highest BCUT2D eigenvalue weighted by Gasteiger charge is 2.19. The molecule has 0 saturated carbocycles. The summed E-state index contributed by atoms with van der Waals surface area (Å²) in [7, 11) is 0. The van der Waals surface area contributed by atoms with Gasteiger partial charge >= 0.3 is 17.9 Å². The molecule has 0 spiro atoms. The average Bonchev–Trinajstić information content (AvgIpc) is 3.37. The highest BCUT2D eigenvalue weighted by molar-refractivity contribution is 5.71. The summed E-state index contributed by atoms with van der Waals surface area (Å²) in [6.07, 6.45) is 76.4. The zero-order valence-electron chi connectivity index (χ0n) is 47.0. The van der Waals surface area contributed by atoms with Crippen molar-refractivity contribution in [1.29, 1.82) is 0 Å². The lowest BCUT2D eigenvalue weighted by molar-refractivity contribution is -0.167. The van der Waals surface area contributed by atoms with E-state index < -0.39 is 6.10 Å². The Morgan fingerprint density at radius 2 is 0.549 bits per heavy atom. The molecule has 0 rings (SSSR count). The van der Waals surface area contributed by atoms with Crippen LogP contribution < -0.4 is 0 Å². The van der Waals surface area contributed by atoms with E-state index in [4.69, 9.17) is 14.2 Å². The molecule has 0 aliphatic carbocycles. The van der Waals surface area contributed by atoms with Crippen molar-refractivity contribution in [3.05, 3.63) is 72.9 Å². The maximum atomic E-state index is 12.8. The minimum Gasteiger partial charge on any atom is -0.462 e. The number of carbonyl (C=O) groups is 3. The van der Waals surface area contributed by atoms with Crippen molar-refractivity contribution in [2.75, 3.05) is 13.2 Å². The number of allylic oxidation sites excluding steroid dienone is 12. The molecule has 0 radical (unpaired) electrons. The fourth-order valence-corrected chi connectivity index (χ4v) is 8.68. The molecule has 6 nitrogen and oxygen atoms in total. The van der Waals surface area contributed by atoms with E-state index in [-0.39, 0.29) is 37.5 Å². The Hall–Kier alpha value is -3.15. The van der Waals surface area contributed by atoms with E-state index >= 15 is 0 Å². The first-order valence-electron chi connectivity index (χ1n) is 30.4. The van der Waals surface area contributed by atoms with Crippen molar-refractivity contribution in [1.82, 2.24) is 0 Å². The lowest BCUT2D eigenvalue weighted by Crippen LogP contribution is -2.30. The smallest absolute Gasteiger partial charge is 0.306 e. The van der Waals surface area contributed by atoms with Crippen LogP contribution in [0.15, 0.2) is 72.9 Å². The predicted molar refractivity (Wildman–Crippen MR) is 307 cm³/mol. The van der Waals surface area contributed by atoms with Gasteiger partial charge in [0, 0.05) is 19.3 Å². The Morgan fingerprint density at radius 3 is 0.859 bits per heavy atom. The summed E-state index contributed by atoms with van der Waals surface area (Å²) < 4.78 is 16.8. The molecule has 0 aliphatic rings. The highest BCUT2D eigenvalue weighted by atomic mass is 16.6. The minimum absolute atomic E-state index is 0.0897. The van der Waals surface area contributed by atoms with Gasteiger partial charge in [-0.3, -0.25) is 14.4 Å². The third kappa shape index (κ3) is 57.6. The van der Waals surface area contributed by atoms with Gasteiger partial charge in [0.15, 0.2) is 6.10 Å². The normalized spacial score (nSPS) is 12.5. The number of ether oxygens (including phenoxy) is 3. The van der Waals surface area contributed by atoms with E-state index in [0.29, 0.717) is 19.3 Å². The van der Waals surface area contributed by atoms with Crippen LogP contribution >= 0.6 is 0 Å². The largest absolute Gasteiger partial charge is 0.462 e. The number of carbonyl (C=O) groups excluding carboxylic acids is 3. The molecular formula is C65H114O6. The van der Waals surface area contributed by atoms with Crippen molar-refractivity contribution in [2.45, 2.75) is 309 Å². The van der Waals surface area contributed by atoms with Crippen LogP contribution in [0.2, 0.25) is 0 Å². The topological polar surface area (TPSA) is 78.9 Å². The second-order valence-electron chi connectivity index (χ2n) is 20.2. The molecule has 0 aromatic carbocycles. The molecule has 0 heterocycles. The van der Waals surface area contributed by atoms with Crippen LogP contribution in [0.25, 0.3) is 0 Å². The van der Waals surface area contributed by atoms with Crippen LogP contribution in [0.5, 0.6) is 0 Å². The molecular weight excluding hydrogens is 877 g/mol. The van der Waals surface area contributed by atoms with Gasteiger partial charge in [-0.1, -0.05) is 286 Å². The van der Waals surface area contributed by atoms with Gasteiger partial charge < -0.3 is 14.2 Å². The number of esters is 3. The fraction of sp³-hybridized carbons (Fsp3) is 0.769. The molecule has 0 amide bonds. The first-order valence-corrected chi connectivity index (χ1v) is 30.4. The average molecular weight is 992 g/mol. The van der Waals surface area contributed by atoms with Gasteiger partial charge in [0.05, 0.1) is 0 Å². The summed E-state index contributed by atoms with van der Waals surface area (Å²) in [5, 5.41) is 0. The number of rotatable bonds is 55. The Kier molecular flexibility index (Phi) is 56.8. The molecule has 6 heteroatoms. The van der Waals surface area contributed by atoms with Crippen LogP contribution in [0, 0.1) is 0 Å². The predicted octanol–water partition coefficient (Wildman–Crippen LogP) is 20.5. The summed E-state index contributed by atoms with van der Waals surface area (Å²) >= 11 is 0. The Bertz CT molecular complexity index is 1320. The minimum atomic E-state index is -0.795. The van der Waals surface area contributed by atoms with E-state index in [1.165, 1.54) is 167 Å². The standard InChI is InChI=1S/C65H114O6/c1-4-7-10-13-16-19-21-23-25-27-29-31-32-33-35-36-38-40-42-44-46-49-52-55-58-64(67)70-61-62(60-69-63(66)57-54-51-48-18-15-12-9-6-3)71-65(68)59-56-53-50-47-45-43-41-39-37-34-30-28-26-24-22-20-17-14-11-8-5-2/h8,11,17,20,24,26,30,34,39,41,45,47,62H,4-7,9-10,12-16,18-19,21-23,25,27-29,31-33,35-38,40,42-44,46,48-61H2,1-3H3/b11-8-,20-17-,26-24-,34-30-,41-39-,47-45-. The van der Waals surface area contributed by atoms with Crippen molar-refractivity contribution in [2.24, 2.45) is 0 Å². The van der Waals surface area contributed by atoms with Gasteiger partial charge in [-0.05, 0) is 70.6 Å². The summed E-state index contributed by atoms with van der Waals surface area (Å²) in [6, 6.07) is 0. The molecule has 71 heavy (non-hydrogen) atoms. The van der Waals surface area contributed by atoms with Crippen LogP contribution in [-0.4, -0.2) is 37.2 Å². The molecule has 1 atom stereocenters. The summed E-state index contributed by atoms with van der Waals surface area (Å²) in [6.45, 7) is 6.49. The van der Waals surface area contributed by atoms with Crippen LogP contribution in [0.4, 0.5) is 0 Å². The van der Waals surface area contributed by atoms with Gasteiger partial charge in [0.2, 0.25) is 0 Å². The molecule has 1 unspecified atom stereocenters. The third-order valence-corrected chi connectivity index (χ3v) is 13.2. The Balaban J connectivity index is 4.24. The van der Waals surface area contributed by atoms with Gasteiger partial charge in [-0.15, -0.1) is 0 Å². The highest BCUT2D eigenvalue weighted by Crippen LogP contribution is 2.17. The van der Waals surface area contributed by atoms with Gasteiger partial charge in [-0.2, -0.15) is 0 Å². The van der Waals surface area contributed by atoms with E-state index in [1.807, 2.05) is 0 Å². The lowest BCUT2D eigenvalue weighted by atomic mass is 10.0. The SMILES string of the molecule is CC/C=C\C/C=C\C/C=C\C/C=C\C/C=C\C/C=C\CCCCC(=O)OC(COC(=O)CCCCCCCCCC)COC(=O)CCCCCCCCCCCCCCCCCCCCCCCCCC. The van der Waals surface area contributed by atoms with Gasteiger partial charge in [-0.25, -0.2) is 0 Å². The monoisotopic (exact) mass is 991 g/mol. The molecule has 0 fully saturated rings. The lowest BCUT2D eigenvalue weighted by Gasteiger charge is -2.18. The molecule has 410 valence electrons. The molecule has 0 aromatic rings. The second-order valence-corrected chi connectivity index (χ2v) is 20.2. The maximum absolute atomic E-state index is 12.8. The van der Waals surface area contributed by atoms with Gasteiger partial charge in [0.1, 0.15) is 13.2 Å².